The van der Waals surface area contributed by atoms with Gasteiger partial charge in [0.05, 0.1) is 0 Å². The van der Waals surface area contributed by atoms with Crippen molar-refractivity contribution in [3.8, 4) is 0 Å². The van der Waals surface area contributed by atoms with E-state index in [0.29, 0.717) is 0 Å². The third-order valence-corrected chi connectivity index (χ3v) is 4.63. The Morgan fingerprint density at radius 1 is 1.33 bits per heavy atom. The van der Waals surface area contributed by atoms with Crippen LogP contribution in [0.3, 0.4) is 0 Å². The van der Waals surface area contributed by atoms with Crippen molar-refractivity contribution < 1.29 is 19.2 Å². The third-order valence-electron chi connectivity index (χ3n) is 1.57. The summed E-state index contributed by atoms with van der Waals surface area (Å²) < 4.78 is 1.66. The molecule has 1 nitrogen and oxygen atoms in total. The van der Waals surface area contributed by atoms with Crippen LogP contribution < -0.4 is 0 Å². The van der Waals surface area contributed by atoms with Crippen LogP contribution >= 0.6 is 0 Å². The Morgan fingerprint density at radius 2 is 1.83 bits per heavy atom. The molecule has 1 aliphatic rings. The van der Waals surface area contributed by atoms with Crippen LogP contribution in [0, 0.1) is 0 Å². The van der Waals surface area contributed by atoms with Gasteiger partial charge in [-0.2, -0.15) is 0 Å². The molecule has 74 valence electrons. The quantitative estimate of drug-likeness (QED) is 0.652. The van der Waals surface area contributed by atoms with Crippen LogP contribution in [0.1, 0.15) is 9.27 Å². The zero-order chi connectivity index (χ0) is 9.85. The standard InChI is InChI=1S/C5H5.CO.4CH3.Co.2H/c1-2-4-5-3-1;1-2;;;;;;;/h1-3H,4H2;;4*1H3;;;/q;;;;;;+2;2*-1. The van der Waals surface area contributed by atoms with Crippen LogP contribution in [-0.4, -0.2) is 6.79 Å². The van der Waals surface area contributed by atoms with Crippen LogP contribution in [0.25, 0.3) is 0 Å². The number of hydrogen-bond donors (Lipinski definition) is 0. The molecule has 0 aromatic rings. The fourth-order valence-corrected chi connectivity index (χ4v) is 2.67. The van der Waals surface area contributed by atoms with E-state index in [1.54, 1.807) is 4.51 Å². The Morgan fingerprint density at radius 3 is 2.00 bits per heavy atom. The summed E-state index contributed by atoms with van der Waals surface area (Å²) in [5.41, 5.74) is 0. The van der Waals surface area contributed by atoms with E-state index < -0.39 is 11.6 Å². The normalized spacial score (nSPS) is 18.7. The molecule has 0 heterocycles. The Balaban J connectivity index is -0.000000284. The first-order valence-electron chi connectivity index (χ1n) is 3.42. The molecule has 2 radical (unpaired) electrons. The molecule has 0 aliphatic heterocycles. The first kappa shape index (κ1) is 11.7. The number of carbonyl (C=O) groups excluding carboxylic acids is 1. The van der Waals surface area contributed by atoms with Gasteiger partial charge in [0.15, 0.2) is 0 Å². The molecule has 0 aromatic heterocycles. The van der Waals surface area contributed by atoms with E-state index in [0.717, 1.165) is 0 Å². The van der Waals surface area contributed by atoms with Crippen LogP contribution in [0.2, 0.25) is 23.4 Å². The largest absolute Gasteiger partial charge is 1.00 e. The van der Waals surface area contributed by atoms with Crippen molar-refractivity contribution in [2.45, 2.75) is 29.9 Å². The van der Waals surface area contributed by atoms with Gasteiger partial charge in [-0.05, 0) is 0 Å². The number of allylic oxidation sites excluding steroid dienone is 4. The van der Waals surface area contributed by atoms with E-state index >= 15 is 0 Å². The maximum absolute atomic E-state index is 7.50. The predicted octanol–water partition coefficient (Wildman–Crippen LogP) is 3.54. The van der Waals surface area contributed by atoms with Gasteiger partial charge in [0.1, 0.15) is 0 Å². The maximum atomic E-state index is 7.50. The van der Waals surface area contributed by atoms with E-state index in [9.17, 15) is 0 Å². The van der Waals surface area contributed by atoms with Crippen molar-refractivity contribution >= 4 is 6.79 Å². The molecule has 0 fully saturated rings. The predicted molar refractivity (Wildman–Crippen MR) is 53.2 cm³/mol. The van der Waals surface area contributed by atoms with E-state index in [1.807, 2.05) is 0 Å². The SMILES string of the molecule is [CH3][Co+2]([CH3])([CH3])([CH3])[C]1=CC=CC1.[C]=O.[H-].[H-]. The van der Waals surface area contributed by atoms with Gasteiger partial charge in [-0.1, -0.05) is 0 Å². The second-order valence-electron chi connectivity index (χ2n) is 3.88. The van der Waals surface area contributed by atoms with Gasteiger partial charge in [0, 0.05) is 0 Å². The molecular weight excluding hydrogens is 195 g/mol. The van der Waals surface area contributed by atoms with Gasteiger partial charge < -0.3 is 2.85 Å². The molecular formula is C10H19CoO. The van der Waals surface area contributed by atoms with Gasteiger partial charge >= 0.3 is 64.2 Å². The Labute approximate surface area is 79.1 Å². The summed E-state index contributed by atoms with van der Waals surface area (Å²) in [6.07, 6.45) is 7.90. The summed E-state index contributed by atoms with van der Waals surface area (Å²) in [7, 11) is 0. The monoisotopic (exact) mass is 214 g/mol. The molecule has 0 N–H and O–H groups in total. The maximum Gasteiger partial charge on any atom is 0.281 e. The van der Waals surface area contributed by atoms with Crippen molar-refractivity contribution in [3.05, 3.63) is 22.7 Å². The molecule has 0 aromatic carbocycles. The van der Waals surface area contributed by atoms with Gasteiger partial charge in [0.2, 0.25) is 0 Å². The van der Waals surface area contributed by atoms with Crippen LogP contribution in [0.15, 0.2) is 22.7 Å². The van der Waals surface area contributed by atoms with E-state index in [4.69, 9.17) is 4.79 Å². The zero-order valence-electron chi connectivity index (χ0n) is 10.2. The van der Waals surface area contributed by atoms with Crippen molar-refractivity contribution in [2.24, 2.45) is 0 Å². The summed E-state index contributed by atoms with van der Waals surface area (Å²) in [5, 5.41) is 0. The molecule has 1 aliphatic carbocycles. The smallest absolute Gasteiger partial charge is 0.281 e. The molecule has 0 bridgehead atoms. The van der Waals surface area contributed by atoms with Gasteiger partial charge in [-0.25, -0.2) is 0 Å². The molecule has 0 unspecified atom stereocenters. The summed E-state index contributed by atoms with van der Waals surface area (Å²) in [4.78, 5) is 7.50. The van der Waals surface area contributed by atoms with Gasteiger partial charge in [-0.15, -0.1) is 0 Å². The molecule has 0 amide bonds. The molecule has 2 heteroatoms. The summed E-state index contributed by atoms with van der Waals surface area (Å²) in [6.45, 7) is 4.50. The van der Waals surface area contributed by atoms with Gasteiger partial charge in [-0.3, -0.25) is 4.79 Å². The fraction of sp³-hybridized carbons (Fsp3) is 0.500. The average Bonchev–Trinajstić information content (AvgIpc) is 2.39. The van der Waals surface area contributed by atoms with E-state index in [2.05, 4.69) is 48.4 Å². The molecule has 0 spiro atoms. The average molecular weight is 214 g/mol. The minimum absolute atomic E-state index is 0. The molecule has 0 saturated carbocycles. The Bertz CT molecular complexity index is 217. The van der Waals surface area contributed by atoms with Crippen molar-refractivity contribution in [3.63, 3.8) is 0 Å². The Kier molecular flexibility index (Phi) is 3.48. The molecule has 0 atom stereocenters. The van der Waals surface area contributed by atoms with Crippen molar-refractivity contribution in [2.75, 3.05) is 0 Å². The first-order chi connectivity index (χ1) is 5.36. The van der Waals surface area contributed by atoms with E-state index in [1.165, 1.54) is 6.42 Å². The molecule has 12 heavy (non-hydrogen) atoms. The minimum Gasteiger partial charge on any atom is -1.00 e. The molecule has 0 saturated heterocycles. The number of hydrogen-bond acceptors (Lipinski definition) is 1. The second kappa shape index (κ2) is 3.58. The van der Waals surface area contributed by atoms with Crippen molar-refractivity contribution in [1.82, 2.24) is 0 Å². The Hall–Kier alpha value is -0.344. The topological polar surface area (TPSA) is 17.1 Å². The minimum atomic E-state index is -1.37. The van der Waals surface area contributed by atoms with Crippen LogP contribution in [-0.2, 0) is 16.4 Å². The second-order valence-corrected chi connectivity index (χ2v) is 12.9. The third kappa shape index (κ3) is 3.37. The van der Waals surface area contributed by atoms with E-state index in [-0.39, 0.29) is 2.85 Å². The number of rotatable bonds is 1. The zero-order valence-corrected chi connectivity index (χ0v) is 9.22. The summed E-state index contributed by atoms with van der Waals surface area (Å²) in [6, 6.07) is 0. The van der Waals surface area contributed by atoms with Gasteiger partial charge in [0.25, 0.3) is 6.79 Å². The van der Waals surface area contributed by atoms with Crippen LogP contribution in [0.4, 0.5) is 0 Å². The first-order valence-corrected chi connectivity index (χ1v) is 8.11. The summed E-state index contributed by atoms with van der Waals surface area (Å²) in [5.74, 6) is 9.62. The van der Waals surface area contributed by atoms with Crippen molar-refractivity contribution in [1.29, 1.82) is 0 Å². The summed E-state index contributed by atoms with van der Waals surface area (Å²) >= 11 is -1.37. The molecule has 1 rings (SSSR count). The van der Waals surface area contributed by atoms with Crippen LogP contribution in [0.5, 0.6) is 0 Å². The fourth-order valence-electron chi connectivity index (χ4n) is 0.906.